The second-order valence-electron chi connectivity index (χ2n) is 2.23. The van der Waals surface area contributed by atoms with Gasteiger partial charge >= 0.3 is 0 Å². The number of hydrogen-bond acceptors (Lipinski definition) is 2. The van der Waals surface area contributed by atoms with Gasteiger partial charge < -0.3 is 5.11 Å². The minimum atomic E-state index is -0.727. The molecule has 11 heavy (non-hydrogen) atoms. The van der Waals surface area contributed by atoms with Crippen molar-refractivity contribution in [1.82, 2.24) is 0 Å². The number of hydrogen-bond donors (Lipinski definition) is 1. The largest absolute Gasteiger partial charge is 0.505 e. The second-order valence-corrected chi connectivity index (χ2v) is 2.23. The molecule has 0 aliphatic carbocycles. The second kappa shape index (κ2) is 2.70. The third-order valence-corrected chi connectivity index (χ3v) is 1.53. The third kappa shape index (κ3) is 1.22. The number of carbonyl (C=O) groups excluding carboxylic acids is 1. The Morgan fingerprint density at radius 3 is 2.73 bits per heavy atom. The molecule has 3 heteroatoms. The van der Waals surface area contributed by atoms with Gasteiger partial charge in [0.2, 0.25) is 0 Å². The van der Waals surface area contributed by atoms with Crippen molar-refractivity contribution < 1.29 is 14.3 Å². The van der Waals surface area contributed by atoms with Crippen molar-refractivity contribution in [2.45, 2.75) is 6.92 Å². The first-order valence-electron chi connectivity index (χ1n) is 3.10. The highest BCUT2D eigenvalue weighted by molar-refractivity contribution is 5.77. The molecular weight excluding hydrogens is 147 g/mol. The van der Waals surface area contributed by atoms with E-state index in [2.05, 4.69) is 0 Å². The predicted molar refractivity (Wildman–Crippen MR) is 38.2 cm³/mol. The molecule has 0 aliphatic heterocycles. The summed E-state index contributed by atoms with van der Waals surface area (Å²) in [4.78, 5) is 10.2. The van der Waals surface area contributed by atoms with E-state index in [1.54, 1.807) is 0 Å². The fourth-order valence-corrected chi connectivity index (χ4v) is 0.813. The maximum atomic E-state index is 12.8. The van der Waals surface area contributed by atoms with Crippen LogP contribution in [0.4, 0.5) is 4.39 Å². The molecule has 1 aromatic carbocycles. The van der Waals surface area contributed by atoms with Crippen LogP contribution in [0.15, 0.2) is 12.1 Å². The standard InChI is InChI=1S/C8H7FO2/c1-5-6(4-10)2-3-7(11)8(5)9/h2-4,11H,1H3. The molecule has 0 radical (unpaired) electrons. The molecule has 58 valence electrons. The molecule has 0 aliphatic rings. The fraction of sp³-hybridized carbons (Fsp3) is 0.125. The van der Waals surface area contributed by atoms with Gasteiger partial charge in [0, 0.05) is 5.56 Å². The molecule has 0 unspecified atom stereocenters. The van der Waals surface area contributed by atoms with Gasteiger partial charge in [0.15, 0.2) is 11.6 Å². The first-order valence-corrected chi connectivity index (χ1v) is 3.10. The molecular formula is C8H7FO2. The summed E-state index contributed by atoms with van der Waals surface area (Å²) in [5.41, 5.74) is 0.445. The summed E-state index contributed by atoms with van der Waals surface area (Å²) in [5.74, 6) is -1.15. The Balaban J connectivity index is 3.36. The van der Waals surface area contributed by atoms with E-state index in [9.17, 15) is 9.18 Å². The van der Waals surface area contributed by atoms with Crippen LogP contribution in [0.1, 0.15) is 15.9 Å². The van der Waals surface area contributed by atoms with Crippen LogP contribution in [0.2, 0.25) is 0 Å². The number of phenolic OH excluding ortho intramolecular Hbond substituents is 1. The Morgan fingerprint density at radius 1 is 1.55 bits per heavy atom. The quantitative estimate of drug-likeness (QED) is 0.624. The predicted octanol–water partition coefficient (Wildman–Crippen LogP) is 1.65. The summed E-state index contributed by atoms with van der Waals surface area (Å²) in [6.45, 7) is 1.44. The van der Waals surface area contributed by atoms with E-state index in [-0.39, 0.29) is 11.1 Å². The Bertz CT molecular complexity index is 294. The lowest BCUT2D eigenvalue weighted by Crippen LogP contribution is -1.90. The molecule has 0 spiro atoms. The normalized spacial score (nSPS) is 9.64. The van der Waals surface area contributed by atoms with Gasteiger partial charge in [-0.25, -0.2) is 4.39 Å². The Kier molecular flexibility index (Phi) is 1.89. The fourth-order valence-electron chi connectivity index (χ4n) is 0.813. The van der Waals surface area contributed by atoms with Crippen LogP contribution < -0.4 is 0 Å². The van der Waals surface area contributed by atoms with E-state index in [0.717, 1.165) is 6.07 Å². The summed E-state index contributed by atoms with van der Waals surface area (Å²) in [7, 11) is 0. The number of aldehydes is 1. The zero-order chi connectivity index (χ0) is 8.43. The van der Waals surface area contributed by atoms with Crippen molar-refractivity contribution in [2.24, 2.45) is 0 Å². The number of aromatic hydroxyl groups is 1. The molecule has 2 nitrogen and oxygen atoms in total. The molecule has 0 atom stereocenters. The highest BCUT2D eigenvalue weighted by atomic mass is 19.1. The van der Waals surface area contributed by atoms with E-state index in [1.165, 1.54) is 13.0 Å². The van der Waals surface area contributed by atoms with Gasteiger partial charge in [-0.2, -0.15) is 0 Å². The van der Waals surface area contributed by atoms with E-state index < -0.39 is 11.6 Å². The monoisotopic (exact) mass is 154 g/mol. The van der Waals surface area contributed by atoms with Gasteiger partial charge in [-0.05, 0) is 24.6 Å². The maximum absolute atomic E-state index is 12.8. The van der Waals surface area contributed by atoms with Crippen LogP contribution in [-0.4, -0.2) is 11.4 Å². The summed E-state index contributed by atoms with van der Waals surface area (Å²) < 4.78 is 12.8. The van der Waals surface area contributed by atoms with Gasteiger partial charge in [-0.15, -0.1) is 0 Å². The molecule has 0 saturated heterocycles. The maximum Gasteiger partial charge on any atom is 0.168 e. The molecule has 0 aromatic heterocycles. The first-order chi connectivity index (χ1) is 5.16. The van der Waals surface area contributed by atoms with Crippen LogP contribution in [0, 0.1) is 12.7 Å². The number of phenols is 1. The van der Waals surface area contributed by atoms with E-state index >= 15 is 0 Å². The molecule has 1 N–H and O–H groups in total. The number of halogens is 1. The van der Waals surface area contributed by atoms with Crippen molar-refractivity contribution in [3.05, 3.63) is 29.1 Å². The van der Waals surface area contributed by atoms with Crippen molar-refractivity contribution in [1.29, 1.82) is 0 Å². The van der Waals surface area contributed by atoms with Crippen molar-refractivity contribution in [2.75, 3.05) is 0 Å². The van der Waals surface area contributed by atoms with E-state index in [4.69, 9.17) is 5.11 Å². The average molecular weight is 154 g/mol. The molecule has 1 rings (SSSR count). The van der Waals surface area contributed by atoms with Crippen molar-refractivity contribution in [3.8, 4) is 5.75 Å². The minimum absolute atomic E-state index is 0.181. The van der Waals surface area contributed by atoms with E-state index in [1.807, 2.05) is 0 Å². The number of benzene rings is 1. The molecule has 0 bridgehead atoms. The van der Waals surface area contributed by atoms with Gasteiger partial charge in [0.1, 0.15) is 6.29 Å². The zero-order valence-corrected chi connectivity index (χ0v) is 5.97. The van der Waals surface area contributed by atoms with Crippen LogP contribution >= 0.6 is 0 Å². The highest BCUT2D eigenvalue weighted by Gasteiger charge is 2.06. The van der Waals surface area contributed by atoms with Gasteiger partial charge in [0.05, 0.1) is 0 Å². The summed E-state index contributed by atoms with van der Waals surface area (Å²) in [5, 5.41) is 8.83. The van der Waals surface area contributed by atoms with Crippen LogP contribution in [0.5, 0.6) is 5.75 Å². The zero-order valence-electron chi connectivity index (χ0n) is 5.97. The van der Waals surface area contributed by atoms with Crippen LogP contribution in [0.25, 0.3) is 0 Å². The Labute approximate surface area is 63.3 Å². The molecule has 1 aromatic rings. The van der Waals surface area contributed by atoms with Crippen molar-refractivity contribution >= 4 is 6.29 Å². The first kappa shape index (κ1) is 7.72. The number of rotatable bonds is 1. The minimum Gasteiger partial charge on any atom is -0.505 e. The third-order valence-electron chi connectivity index (χ3n) is 1.53. The summed E-state index contributed by atoms with van der Waals surface area (Å²) in [6.07, 6.45) is 0.553. The lowest BCUT2D eigenvalue weighted by Gasteiger charge is -2.00. The average Bonchev–Trinajstić information content (AvgIpc) is 2.01. The molecule has 0 heterocycles. The summed E-state index contributed by atoms with van der Waals surface area (Å²) >= 11 is 0. The SMILES string of the molecule is Cc1c(C=O)ccc(O)c1F. The van der Waals surface area contributed by atoms with Gasteiger partial charge in [-0.3, -0.25) is 4.79 Å². The lowest BCUT2D eigenvalue weighted by atomic mass is 10.1. The lowest BCUT2D eigenvalue weighted by molar-refractivity contribution is 0.112. The van der Waals surface area contributed by atoms with Gasteiger partial charge in [-0.1, -0.05) is 0 Å². The molecule has 0 fully saturated rings. The topological polar surface area (TPSA) is 37.3 Å². The number of carbonyl (C=O) groups is 1. The molecule has 0 amide bonds. The van der Waals surface area contributed by atoms with Crippen LogP contribution in [-0.2, 0) is 0 Å². The highest BCUT2D eigenvalue weighted by Crippen LogP contribution is 2.20. The van der Waals surface area contributed by atoms with Crippen molar-refractivity contribution in [3.63, 3.8) is 0 Å². The molecule has 0 saturated carbocycles. The smallest absolute Gasteiger partial charge is 0.168 e. The van der Waals surface area contributed by atoms with E-state index in [0.29, 0.717) is 6.29 Å². The Morgan fingerprint density at radius 2 is 2.18 bits per heavy atom. The Hall–Kier alpha value is -1.38. The summed E-state index contributed by atoms with van der Waals surface area (Å²) in [6, 6.07) is 2.53. The van der Waals surface area contributed by atoms with Crippen LogP contribution in [0.3, 0.4) is 0 Å². The van der Waals surface area contributed by atoms with Gasteiger partial charge in [0.25, 0.3) is 0 Å².